The Hall–Kier alpha value is -2.97. The van der Waals surface area contributed by atoms with Gasteiger partial charge in [-0.1, -0.05) is 12.1 Å². The van der Waals surface area contributed by atoms with Crippen molar-refractivity contribution in [2.75, 3.05) is 20.9 Å². The zero-order chi connectivity index (χ0) is 19.4. The zero-order valence-electron chi connectivity index (χ0n) is 15.2. The molecule has 0 bridgehead atoms. The highest BCUT2D eigenvalue weighted by molar-refractivity contribution is 5.93. The number of carbonyl (C=O) groups excluding carboxylic acids is 1. The zero-order valence-corrected chi connectivity index (χ0v) is 15.2. The molecule has 0 aromatic heterocycles. The number of nitrogens with zero attached hydrogens (tertiary/aromatic N) is 2. The lowest BCUT2D eigenvalue weighted by molar-refractivity contribution is -0.385. The SMILES string of the molecule is CNC(=O)c1ccc(CN(C)Cc2cc([N+](=O)[O-])cc3c2OCOC3)cc1. The summed E-state index contributed by atoms with van der Waals surface area (Å²) in [6.07, 6.45) is 0. The second kappa shape index (κ2) is 8.15. The number of hydrogen-bond donors (Lipinski definition) is 1. The minimum atomic E-state index is -0.407. The standard InChI is InChI=1S/C19H21N3O5/c1-20-19(23)14-5-3-13(4-6-14)9-21(2)10-15-7-17(22(24)25)8-16-11-26-12-27-18(15)16/h3-8H,9-12H2,1-2H3,(H,20,23). The summed E-state index contributed by atoms with van der Waals surface area (Å²) < 4.78 is 10.8. The molecular weight excluding hydrogens is 350 g/mol. The van der Waals surface area contributed by atoms with Crippen molar-refractivity contribution < 1.29 is 19.2 Å². The largest absolute Gasteiger partial charge is 0.467 e. The molecule has 3 rings (SSSR count). The normalized spacial score (nSPS) is 13.0. The molecule has 2 aromatic rings. The van der Waals surface area contributed by atoms with Crippen LogP contribution in [0.3, 0.4) is 0 Å². The van der Waals surface area contributed by atoms with Gasteiger partial charge in [0.15, 0.2) is 6.79 Å². The molecule has 8 heteroatoms. The first-order valence-electron chi connectivity index (χ1n) is 8.48. The molecule has 1 N–H and O–H groups in total. The molecule has 0 atom stereocenters. The van der Waals surface area contributed by atoms with Crippen LogP contribution in [0, 0.1) is 10.1 Å². The lowest BCUT2D eigenvalue weighted by Gasteiger charge is -2.23. The molecule has 1 aliphatic rings. The first-order chi connectivity index (χ1) is 13.0. The number of ether oxygens (including phenoxy) is 2. The van der Waals surface area contributed by atoms with E-state index in [1.165, 1.54) is 6.07 Å². The van der Waals surface area contributed by atoms with Crippen molar-refractivity contribution >= 4 is 11.6 Å². The van der Waals surface area contributed by atoms with Gasteiger partial charge in [-0.2, -0.15) is 0 Å². The van der Waals surface area contributed by atoms with E-state index in [0.717, 1.165) is 11.1 Å². The minimum Gasteiger partial charge on any atom is -0.467 e. The fourth-order valence-electron chi connectivity index (χ4n) is 3.07. The first-order valence-corrected chi connectivity index (χ1v) is 8.48. The summed E-state index contributed by atoms with van der Waals surface area (Å²) in [6.45, 7) is 1.56. The number of nitro benzene ring substituents is 1. The number of non-ortho nitro benzene ring substituents is 1. The molecule has 0 spiro atoms. The van der Waals surface area contributed by atoms with Crippen LogP contribution in [0.25, 0.3) is 0 Å². The number of carbonyl (C=O) groups is 1. The Morgan fingerprint density at radius 2 is 2.00 bits per heavy atom. The number of fused-ring (bicyclic) bond motifs is 1. The molecule has 142 valence electrons. The molecule has 8 nitrogen and oxygen atoms in total. The molecule has 1 amide bonds. The highest BCUT2D eigenvalue weighted by Gasteiger charge is 2.21. The van der Waals surface area contributed by atoms with Crippen LogP contribution in [0.5, 0.6) is 5.75 Å². The van der Waals surface area contributed by atoms with Gasteiger partial charge < -0.3 is 14.8 Å². The smallest absolute Gasteiger partial charge is 0.270 e. The Kier molecular flexibility index (Phi) is 5.68. The van der Waals surface area contributed by atoms with Gasteiger partial charge in [0.2, 0.25) is 0 Å². The van der Waals surface area contributed by atoms with E-state index in [1.807, 2.05) is 24.1 Å². The Morgan fingerprint density at radius 1 is 1.26 bits per heavy atom. The maximum atomic E-state index is 11.6. The Bertz CT molecular complexity index is 851. The minimum absolute atomic E-state index is 0.0289. The average molecular weight is 371 g/mol. The van der Waals surface area contributed by atoms with E-state index in [0.29, 0.717) is 36.6 Å². The van der Waals surface area contributed by atoms with Gasteiger partial charge >= 0.3 is 0 Å². The molecule has 1 heterocycles. The third-order valence-corrected chi connectivity index (χ3v) is 4.32. The first kappa shape index (κ1) is 18.8. The Balaban J connectivity index is 1.75. The third kappa shape index (κ3) is 4.42. The monoisotopic (exact) mass is 371 g/mol. The summed E-state index contributed by atoms with van der Waals surface area (Å²) in [5, 5.41) is 13.8. The van der Waals surface area contributed by atoms with Crippen molar-refractivity contribution in [2.45, 2.75) is 19.7 Å². The average Bonchev–Trinajstić information content (AvgIpc) is 2.67. The van der Waals surface area contributed by atoms with Gasteiger partial charge in [0.25, 0.3) is 11.6 Å². The molecule has 2 aromatic carbocycles. The molecular formula is C19H21N3O5. The van der Waals surface area contributed by atoms with Gasteiger partial charge in [-0.05, 0) is 24.7 Å². The van der Waals surface area contributed by atoms with E-state index in [2.05, 4.69) is 5.32 Å². The van der Waals surface area contributed by atoms with Crippen molar-refractivity contribution in [3.63, 3.8) is 0 Å². The summed E-state index contributed by atoms with van der Waals surface area (Å²) in [5.74, 6) is 0.533. The van der Waals surface area contributed by atoms with Gasteiger partial charge in [-0.15, -0.1) is 0 Å². The van der Waals surface area contributed by atoms with Gasteiger partial charge in [0.05, 0.1) is 11.5 Å². The van der Waals surface area contributed by atoms with Crippen LogP contribution in [0.4, 0.5) is 5.69 Å². The van der Waals surface area contributed by atoms with Crippen molar-refractivity contribution in [1.29, 1.82) is 0 Å². The Labute approximate surface area is 156 Å². The maximum absolute atomic E-state index is 11.6. The number of rotatable bonds is 6. The van der Waals surface area contributed by atoms with E-state index in [4.69, 9.17) is 9.47 Å². The van der Waals surface area contributed by atoms with Gasteiger partial charge in [-0.25, -0.2) is 0 Å². The molecule has 0 fully saturated rings. The quantitative estimate of drug-likeness (QED) is 0.619. The lowest BCUT2D eigenvalue weighted by atomic mass is 10.1. The van der Waals surface area contributed by atoms with Crippen LogP contribution in [0.1, 0.15) is 27.0 Å². The van der Waals surface area contributed by atoms with E-state index in [-0.39, 0.29) is 18.4 Å². The van der Waals surface area contributed by atoms with E-state index in [9.17, 15) is 14.9 Å². The van der Waals surface area contributed by atoms with E-state index < -0.39 is 4.92 Å². The fraction of sp³-hybridized carbons (Fsp3) is 0.316. The summed E-state index contributed by atoms with van der Waals surface area (Å²) in [6, 6.07) is 10.4. The number of nitrogens with one attached hydrogen (secondary N) is 1. The van der Waals surface area contributed by atoms with Gasteiger partial charge in [0, 0.05) is 49.0 Å². The highest BCUT2D eigenvalue weighted by Crippen LogP contribution is 2.33. The summed E-state index contributed by atoms with van der Waals surface area (Å²) in [7, 11) is 3.52. The predicted octanol–water partition coefficient (Wildman–Crippen LogP) is 2.45. The maximum Gasteiger partial charge on any atom is 0.270 e. The molecule has 0 aliphatic carbocycles. The highest BCUT2D eigenvalue weighted by atomic mass is 16.7. The summed E-state index contributed by atoms with van der Waals surface area (Å²) in [5.41, 5.74) is 3.11. The number of amides is 1. The van der Waals surface area contributed by atoms with Gasteiger partial charge in [-0.3, -0.25) is 19.8 Å². The van der Waals surface area contributed by atoms with Gasteiger partial charge in [0.1, 0.15) is 5.75 Å². The number of hydrogen-bond acceptors (Lipinski definition) is 6. The molecule has 0 unspecified atom stereocenters. The third-order valence-electron chi connectivity index (χ3n) is 4.32. The van der Waals surface area contributed by atoms with Crippen LogP contribution in [-0.4, -0.2) is 36.6 Å². The summed E-state index contributed by atoms with van der Waals surface area (Å²) >= 11 is 0. The topological polar surface area (TPSA) is 93.9 Å². The van der Waals surface area contributed by atoms with Crippen LogP contribution < -0.4 is 10.1 Å². The number of benzene rings is 2. The predicted molar refractivity (Wildman–Crippen MR) is 98.4 cm³/mol. The van der Waals surface area contributed by atoms with Crippen LogP contribution >= 0.6 is 0 Å². The molecule has 0 saturated carbocycles. The van der Waals surface area contributed by atoms with E-state index >= 15 is 0 Å². The Morgan fingerprint density at radius 3 is 2.67 bits per heavy atom. The van der Waals surface area contributed by atoms with Crippen molar-refractivity contribution in [3.05, 3.63) is 68.8 Å². The van der Waals surface area contributed by atoms with Crippen LogP contribution in [0.2, 0.25) is 0 Å². The van der Waals surface area contributed by atoms with Crippen LogP contribution in [-0.2, 0) is 24.4 Å². The summed E-state index contributed by atoms with van der Waals surface area (Å²) in [4.78, 5) is 24.4. The lowest BCUT2D eigenvalue weighted by Crippen LogP contribution is -2.21. The fourth-order valence-corrected chi connectivity index (χ4v) is 3.07. The van der Waals surface area contributed by atoms with Crippen molar-refractivity contribution in [2.24, 2.45) is 0 Å². The molecule has 1 aliphatic heterocycles. The van der Waals surface area contributed by atoms with Crippen molar-refractivity contribution in [1.82, 2.24) is 10.2 Å². The molecule has 0 radical (unpaired) electrons. The van der Waals surface area contributed by atoms with Crippen LogP contribution in [0.15, 0.2) is 36.4 Å². The molecule has 0 saturated heterocycles. The molecule has 27 heavy (non-hydrogen) atoms. The second-order valence-corrected chi connectivity index (χ2v) is 6.41. The second-order valence-electron chi connectivity index (χ2n) is 6.41. The van der Waals surface area contributed by atoms with E-state index in [1.54, 1.807) is 25.2 Å². The van der Waals surface area contributed by atoms with Crippen molar-refractivity contribution in [3.8, 4) is 5.75 Å². The number of nitro groups is 1.